The van der Waals surface area contributed by atoms with Gasteiger partial charge in [0, 0.05) is 12.6 Å². The number of unbranched alkanes of at least 4 members (excludes halogenated alkanes) is 1. The summed E-state index contributed by atoms with van der Waals surface area (Å²) < 4.78 is 5.46. The molecule has 1 unspecified atom stereocenters. The monoisotopic (exact) mass is 314 g/mol. The van der Waals surface area contributed by atoms with E-state index in [-0.39, 0.29) is 31.0 Å². The average Bonchev–Trinajstić information content (AvgIpc) is 2.49. The fourth-order valence-corrected chi connectivity index (χ4v) is 1.94. The molecule has 0 fully saturated rings. The lowest BCUT2D eigenvalue weighted by molar-refractivity contribution is -0.123. The maximum atomic E-state index is 11.8. The predicted octanol–water partition coefficient (Wildman–Crippen LogP) is 2.68. The Kier molecular flexibility index (Phi) is 10.7. The number of nitrogens with one attached hydrogen (secondary N) is 1. The Labute approximate surface area is 133 Å². The van der Waals surface area contributed by atoms with Crippen LogP contribution in [-0.4, -0.2) is 25.1 Å². The van der Waals surface area contributed by atoms with Gasteiger partial charge in [0.1, 0.15) is 5.75 Å². The van der Waals surface area contributed by atoms with Crippen LogP contribution in [-0.2, 0) is 11.2 Å². The van der Waals surface area contributed by atoms with E-state index in [1.54, 1.807) is 0 Å². The number of nitrogens with two attached hydrogens (primary N) is 1. The number of hydrogen-bond acceptors (Lipinski definition) is 3. The summed E-state index contributed by atoms with van der Waals surface area (Å²) in [6, 6.07) is 7.86. The lowest BCUT2D eigenvalue weighted by Crippen LogP contribution is -2.42. The molecule has 0 saturated heterocycles. The van der Waals surface area contributed by atoms with Crippen LogP contribution >= 0.6 is 12.4 Å². The minimum atomic E-state index is -0.115. The molecule has 3 N–H and O–H groups in total. The Morgan fingerprint density at radius 3 is 2.48 bits per heavy atom. The molecule has 1 atom stereocenters. The van der Waals surface area contributed by atoms with Gasteiger partial charge in [0.15, 0.2) is 6.61 Å². The third-order valence-electron chi connectivity index (χ3n) is 3.26. The smallest absolute Gasteiger partial charge is 0.258 e. The molecule has 5 heteroatoms. The first-order valence-corrected chi connectivity index (χ1v) is 7.40. The molecule has 4 nitrogen and oxygen atoms in total. The number of ether oxygens (including phenoxy) is 1. The zero-order valence-electron chi connectivity index (χ0n) is 12.9. The molecule has 1 aromatic rings. The number of aryl methyl sites for hydroxylation is 1. The van der Waals surface area contributed by atoms with E-state index in [0.717, 1.165) is 31.4 Å². The van der Waals surface area contributed by atoms with Crippen LogP contribution in [0.2, 0.25) is 0 Å². The number of halogens is 1. The van der Waals surface area contributed by atoms with Gasteiger partial charge in [-0.05, 0) is 30.5 Å². The van der Waals surface area contributed by atoms with Gasteiger partial charge in [0.25, 0.3) is 5.91 Å². The Morgan fingerprint density at radius 1 is 1.29 bits per heavy atom. The van der Waals surface area contributed by atoms with E-state index in [9.17, 15) is 4.79 Å². The van der Waals surface area contributed by atoms with Crippen molar-refractivity contribution in [2.24, 2.45) is 5.73 Å². The summed E-state index contributed by atoms with van der Waals surface area (Å²) in [5.41, 5.74) is 6.90. The molecule has 0 bridgehead atoms. The minimum Gasteiger partial charge on any atom is -0.484 e. The second-order valence-electron chi connectivity index (χ2n) is 4.93. The topological polar surface area (TPSA) is 64.3 Å². The largest absolute Gasteiger partial charge is 0.484 e. The van der Waals surface area contributed by atoms with Gasteiger partial charge in [-0.25, -0.2) is 0 Å². The normalized spacial score (nSPS) is 11.4. The first-order valence-electron chi connectivity index (χ1n) is 7.40. The van der Waals surface area contributed by atoms with Crippen LogP contribution in [0, 0.1) is 0 Å². The van der Waals surface area contributed by atoms with E-state index in [1.165, 1.54) is 5.56 Å². The molecule has 0 aliphatic carbocycles. The summed E-state index contributed by atoms with van der Waals surface area (Å²) in [6.45, 7) is 4.73. The van der Waals surface area contributed by atoms with Crippen LogP contribution in [0.15, 0.2) is 24.3 Å². The van der Waals surface area contributed by atoms with E-state index < -0.39 is 0 Å². The van der Waals surface area contributed by atoms with Crippen molar-refractivity contribution >= 4 is 18.3 Å². The lowest BCUT2D eigenvalue weighted by Gasteiger charge is -2.16. The molecule has 0 radical (unpaired) electrons. The van der Waals surface area contributed by atoms with Crippen molar-refractivity contribution in [1.82, 2.24) is 5.32 Å². The number of carbonyl (C=O) groups is 1. The van der Waals surface area contributed by atoms with Crippen molar-refractivity contribution < 1.29 is 9.53 Å². The lowest BCUT2D eigenvalue weighted by atomic mass is 10.1. The molecule has 0 saturated carbocycles. The Bertz CT molecular complexity index is 396. The van der Waals surface area contributed by atoms with E-state index in [1.807, 2.05) is 24.3 Å². The molecule has 0 aromatic heterocycles. The van der Waals surface area contributed by atoms with Crippen molar-refractivity contribution in [3.8, 4) is 5.75 Å². The molecule has 0 spiro atoms. The molecule has 0 aliphatic rings. The third-order valence-corrected chi connectivity index (χ3v) is 3.26. The maximum Gasteiger partial charge on any atom is 0.258 e. The average molecular weight is 315 g/mol. The molecular formula is C16H27ClN2O2. The molecule has 120 valence electrons. The quantitative estimate of drug-likeness (QED) is 0.736. The standard InChI is InChI=1S/C16H26N2O2.ClH/c1-3-5-6-14(11-17)18-16(19)12-20-15-9-7-13(4-2)8-10-15;/h7-10,14H,3-6,11-12,17H2,1-2H3,(H,18,19);1H. The fourth-order valence-electron chi connectivity index (χ4n) is 1.94. The van der Waals surface area contributed by atoms with Crippen molar-refractivity contribution in [3.63, 3.8) is 0 Å². The van der Waals surface area contributed by atoms with Crippen molar-refractivity contribution in [2.75, 3.05) is 13.2 Å². The van der Waals surface area contributed by atoms with Crippen LogP contribution in [0.25, 0.3) is 0 Å². The van der Waals surface area contributed by atoms with Crippen LogP contribution in [0.4, 0.5) is 0 Å². The van der Waals surface area contributed by atoms with Gasteiger partial charge in [-0.1, -0.05) is 38.8 Å². The molecule has 1 amide bonds. The van der Waals surface area contributed by atoms with Gasteiger partial charge in [0.05, 0.1) is 0 Å². The number of hydrogen-bond donors (Lipinski definition) is 2. The molecule has 1 rings (SSSR count). The fraction of sp³-hybridized carbons (Fsp3) is 0.562. The zero-order valence-corrected chi connectivity index (χ0v) is 13.7. The number of rotatable bonds is 9. The van der Waals surface area contributed by atoms with Gasteiger partial charge in [-0.3, -0.25) is 4.79 Å². The first kappa shape index (κ1) is 19.7. The van der Waals surface area contributed by atoms with E-state index >= 15 is 0 Å². The highest BCUT2D eigenvalue weighted by Crippen LogP contribution is 2.12. The van der Waals surface area contributed by atoms with Gasteiger partial charge in [-0.2, -0.15) is 0 Å². The summed E-state index contributed by atoms with van der Waals surface area (Å²) in [5.74, 6) is 0.603. The Morgan fingerprint density at radius 2 is 1.95 bits per heavy atom. The van der Waals surface area contributed by atoms with Gasteiger partial charge in [-0.15, -0.1) is 12.4 Å². The number of amides is 1. The van der Waals surface area contributed by atoms with Crippen LogP contribution in [0.3, 0.4) is 0 Å². The Balaban J connectivity index is 0.00000400. The first-order chi connectivity index (χ1) is 9.69. The summed E-state index contributed by atoms with van der Waals surface area (Å²) in [6.07, 6.45) is 4.09. The maximum absolute atomic E-state index is 11.8. The SMILES string of the molecule is CCCCC(CN)NC(=O)COc1ccc(CC)cc1.Cl. The second-order valence-corrected chi connectivity index (χ2v) is 4.93. The Hall–Kier alpha value is -1.26. The molecule has 1 aromatic carbocycles. The summed E-state index contributed by atoms with van der Waals surface area (Å²) >= 11 is 0. The summed E-state index contributed by atoms with van der Waals surface area (Å²) in [5, 5.41) is 2.91. The summed E-state index contributed by atoms with van der Waals surface area (Å²) in [4.78, 5) is 11.8. The predicted molar refractivity (Wildman–Crippen MR) is 89.1 cm³/mol. The summed E-state index contributed by atoms with van der Waals surface area (Å²) in [7, 11) is 0. The van der Waals surface area contributed by atoms with Gasteiger partial charge in [0.2, 0.25) is 0 Å². The number of benzene rings is 1. The molecule has 0 heterocycles. The van der Waals surface area contributed by atoms with Crippen molar-refractivity contribution in [1.29, 1.82) is 0 Å². The van der Waals surface area contributed by atoms with Gasteiger partial charge < -0.3 is 15.8 Å². The number of carbonyl (C=O) groups excluding carboxylic acids is 1. The minimum absolute atomic E-state index is 0. The van der Waals surface area contributed by atoms with Crippen LogP contribution in [0.1, 0.15) is 38.7 Å². The van der Waals surface area contributed by atoms with Crippen molar-refractivity contribution in [3.05, 3.63) is 29.8 Å². The van der Waals surface area contributed by atoms with Crippen molar-refractivity contribution in [2.45, 2.75) is 45.6 Å². The van der Waals surface area contributed by atoms with Gasteiger partial charge >= 0.3 is 0 Å². The highest BCUT2D eigenvalue weighted by Gasteiger charge is 2.10. The second kappa shape index (κ2) is 11.4. The van der Waals surface area contributed by atoms with Crippen LogP contribution < -0.4 is 15.8 Å². The zero-order chi connectivity index (χ0) is 14.8. The van der Waals surface area contributed by atoms with E-state index in [4.69, 9.17) is 10.5 Å². The van der Waals surface area contributed by atoms with E-state index in [0.29, 0.717) is 6.54 Å². The third kappa shape index (κ3) is 7.93. The highest BCUT2D eigenvalue weighted by molar-refractivity contribution is 5.85. The molecule has 21 heavy (non-hydrogen) atoms. The van der Waals surface area contributed by atoms with Crippen LogP contribution in [0.5, 0.6) is 5.75 Å². The van der Waals surface area contributed by atoms with E-state index in [2.05, 4.69) is 19.2 Å². The molecule has 0 aliphatic heterocycles. The highest BCUT2D eigenvalue weighted by atomic mass is 35.5. The molecular weight excluding hydrogens is 288 g/mol.